The summed E-state index contributed by atoms with van der Waals surface area (Å²) < 4.78 is 73.4. The van der Waals surface area contributed by atoms with E-state index in [2.05, 4.69) is 10.3 Å². The smallest absolute Gasteiger partial charge is 0.417 e. The number of aromatic nitrogens is 1. The van der Waals surface area contributed by atoms with Crippen LogP contribution in [0.5, 0.6) is 11.5 Å². The first-order chi connectivity index (χ1) is 13.2. The normalized spacial score (nSPS) is 14.3. The highest BCUT2D eigenvalue weighted by Gasteiger charge is 2.32. The fourth-order valence-electron chi connectivity index (χ4n) is 2.27. The number of halogens is 3. The monoisotopic (exact) mass is 411 g/mol. The van der Waals surface area contributed by atoms with Gasteiger partial charge in [-0.1, -0.05) is 0 Å². The summed E-state index contributed by atoms with van der Waals surface area (Å²) in [7, 11) is -4.40. The topological polar surface area (TPSA) is 101 Å². The van der Waals surface area contributed by atoms with Gasteiger partial charge in [-0.25, -0.2) is 13.4 Å². The quantitative estimate of drug-likeness (QED) is 0.772. The predicted octanol–water partition coefficient (Wildman–Crippen LogP) is 3.12. The minimum atomic E-state index is -4.65. The fourth-order valence-corrected chi connectivity index (χ4v) is 3.27. The Bertz CT molecular complexity index is 1060. The van der Waals surface area contributed by atoms with Crippen molar-refractivity contribution in [2.24, 2.45) is 0 Å². The fraction of sp³-hybridized carbons (Fsp3) is 0.176. The van der Waals surface area contributed by atoms with Crippen LogP contribution in [0.15, 0.2) is 52.7 Å². The van der Waals surface area contributed by atoms with Crippen LogP contribution in [0.2, 0.25) is 0 Å². The van der Waals surface area contributed by atoms with Gasteiger partial charge in [0, 0.05) is 24.2 Å². The first kappa shape index (κ1) is 19.5. The van der Waals surface area contributed by atoms with Gasteiger partial charge >= 0.3 is 6.18 Å². The van der Waals surface area contributed by atoms with E-state index in [0.717, 1.165) is 6.20 Å². The molecule has 0 spiro atoms. The van der Waals surface area contributed by atoms with Crippen molar-refractivity contribution in [1.29, 1.82) is 5.26 Å². The summed E-state index contributed by atoms with van der Waals surface area (Å²) in [5.41, 5.74) is -0.670. The second-order valence-corrected chi connectivity index (χ2v) is 7.37. The standard InChI is InChI=1S/C17H12F3N3O4S/c18-17(19,20)11-1-4-16(23-9-11)28(24,25)13(8-21)10-22-12-2-3-14-15(7-12)27-6-5-26-14/h1-4,7,9-10,22H,5-6H2/b13-10+. The molecule has 1 N–H and O–H groups in total. The average molecular weight is 411 g/mol. The molecule has 0 amide bonds. The van der Waals surface area contributed by atoms with Gasteiger partial charge in [-0.3, -0.25) is 0 Å². The number of nitrogens with one attached hydrogen (secondary N) is 1. The van der Waals surface area contributed by atoms with E-state index < -0.39 is 31.5 Å². The molecule has 11 heteroatoms. The van der Waals surface area contributed by atoms with Crippen LogP contribution in [0.1, 0.15) is 5.56 Å². The van der Waals surface area contributed by atoms with Gasteiger partial charge in [0.1, 0.15) is 19.3 Å². The van der Waals surface area contributed by atoms with E-state index in [4.69, 9.17) is 9.47 Å². The Morgan fingerprint density at radius 1 is 1.18 bits per heavy atom. The number of allylic oxidation sites excluding steroid dienone is 1. The largest absolute Gasteiger partial charge is 0.486 e. The maximum atomic E-state index is 12.6. The summed E-state index contributed by atoms with van der Waals surface area (Å²) in [6, 6.07) is 7.56. The number of sulfone groups is 1. The van der Waals surface area contributed by atoms with Crippen molar-refractivity contribution in [1.82, 2.24) is 4.98 Å². The van der Waals surface area contributed by atoms with Crippen LogP contribution in [-0.2, 0) is 16.0 Å². The van der Waals surface area contributed by atoms with Crippen molar-refractivity contribution in [3.8, 4) is 17.6 Å². The van der Waals surface area contributed by atoms with Crippen LogP contribution >= 0.6 is 0 Å². The number of benzene rings is 1. The molecule has 2 heterocycles. The minimum absolute atomic E-state index is 0.365. The van der Waals surface area contributed by atoms with Gasteiger partial charge in [-0.15, -0.1) is 0 Å². The molecule has 2 aromatic rings. The highest BCUT2D eigenvalue weighted by atomic mass is 32.2. The Labute approximate surface area is 157 Å². The van der Waals surface area contributed by atoms with Crippen LogP contribution in [0.4, 0.5) is 18.9 Å². The van der Waals surface area contributed by atoms with Crippen molar-refractivity contribution < 1.29 is 31.1 Å². The molecule has 1 aliphatic heterocycles. The van der Waals surface area contributed by atoms with Crippen molar-refractivity contribution >= 4 is 15.5 Å². The summed E-state index contributed by atoms with van der Waals surface area (Å²) in [6.07, 6.45) is -3.32. The predicted molar refractivity (Wildman–Crippen MR) is 91.2 cm³/mol. The molecule has 0 unspecified atom stereocenters. The number of hydrogen-bond acceptors (Lipinski definition) is 7. The molecule has 0 bridgehead atoms. The zero-order chi connectivity index (χ0) is 20.4. The molecule has 146 valence electrons. The summed E-state index contributed by atoms with van der Waals surface area (Å²) in [5.74, 6) is 0.985. The number of nitrogens with zero attached hydrogens (tertiary/aromatic N) is 2. The molecule has 0 saturated carbocycles. The highest BCUT2D eigenvalue weighted by Crippen LogP contribution is 2.33. The van der Waals surface area contributed by atoms with Gasteiger partial charge in [0.05, 0.1) is 5.56 Å². The molecule has 3 rings (SSSR count). The molecular formula is C17H12F3N3O4S. The molecule has 28 heavy (non-hydrogen) atoms. The molecule has 7 nitrogen and oxygen atoms in total. The van der Waals surface area contributed by atoms with E-state index >= 15 is 0 Å². The minimum Gasteiger partial charge on any atom is -0.486 e. The molecule has 1 aromatic heterocycles. The lowest BCUT2D eigenvalue weighted by Crippen LogP contribution is -2.15. The maximum Gasteiger partial charge on any atom is 0.417 e. The third-order valence-corrected chi connectivity index (χ3v) is 5.23. The van der Waals surface area contributed by atoms with Crippen molar-refractivity contribution in [3.63, 3.8) is 0 Å². The zero-order valence-electron chi connectivity index (χ0n) is 14.0. The average Bonchev–Trinajstić information content (AvgIpc) is 2.67. The molecule has 1 aliphatic rings. The highest BCUT2D eigenvalue weighted by molar-refractivity contribution is 7.95. The first-order valence-electron chi connectivity index (χ1n) is 7.76. The molecule has 0 fully saturated rings. The number of anilines is 1. The maximum absolute atomic E-state index is 12.6. The van der Waals surface area contributed by atoms with E-state index in [1.165, 1.54) is 6.07 Å². The van der Waals surface area contributed by atoms with Crippen LogP contribution in [0.25, 0.3) is 0 Å². The van der Waals surface area contributed by atoms with Crippen LogP contribution in [0.3, 0.4) is 0 Å². The number of rotatable bonds is 4. The summed E-state index contributed by atoms with van der Waals surface area (Å²) in [5, 5.41) is 11.2. The third kappa shape index (κ3) is 4.01. The van der Waals surface area contributed by atoms with Crippen molar-refractivity contribution in [3.05, 3.63) is 53.2 Å². The van der Waals surface area contributed by atoms with Crippen LogP contribution in [0, 0.1) is 11.3 Å². The Morgan fingerprint density at radius 3 is 2.50 bits per heavy atom. The van der Waals surface area contributed by atoms with Crippen molar-refractivity contribution in [2.75, 3.05) is 18.5 Å². The lowest BCUT2D eigenvalue weighted by Gasteiger charge is -2.18. The zero-order valence-corrected chi connectivity index (χ0v) is 14.8. The Balaban J connectivity index is 1.84. The molecule has 0 radical (unpaired) electrons. The van der Waals surface area contributed by atoms with E-state index in [0.29, 0.717) is 48.7 Å². The molecule has 1 aromatic carbocycles. The van der Waals surface area contributed by atoms with Gasteiger partial charge < -0.3 is 14.8 Å². The number of fused-ring (bicyclic) bond motifs is 1. The van der Waals surface area contributed by atoms with E-state index in [-0.39, 0.29) is 0 Å². The van der Waals surface area contributed by atoms with E-state index in [1.54, 1.807) is 18.2 Å². The number of nitriles is 1. The van der Waals surface area contributed by atoms with Gasteiger partial charge in [-0.05, 0) is 24.3 Å². The van der Waals surface area contributed by atoms with Gasteiger partial charge in [-0.2, -0.15) is 18.4 Å². The second-order valence-electron chi connectivity index (χ2n) is 5.51. The van der Waals surface area contributed by atoms with Crippen LogP contribution in [-0.4, -0.2) is 26.6 Å². The number of hydrogen-bond donors (Lipinski definition) is 1. The van der Waals surface area contributed by atoms with Gasteiger partial charge in [0.25, 0.3) is 0 Å². The molecule has 0 atom stereocenters. The first-order valence-corrected chi connectivity index (χ1v) is 9.25. The van der Waals surface area contributed by atoms with Gasteiger partial charge in [0.15, 0.2) is 21.4 Å². The molecule has 0 aliphatic carbocycles. The lowest BCUT2D eigenvalue weighted by molar-refractivity contribution is -0.137. The number of ether oxygens (including phenoxy) is 2. The second kappa shape index (κ2) is 7.40. The van der Waals surface area contributed by atoms with E-state index in [9.17, 15) is 26.9 Å². The van der Waals surface area contributed by atoms with Crippen LogP contribution < -0.4 is 14.8 Å². The Morgan fingerprint density at radius 2 is 1.89 bits per heavy atom. The SMILES string of the molecule is N#C/C(=C\Nc1ccc2c(c1)OCCO2)S(=O)(=O)c1ccc(C(F)(F)F)cn1. The third-order valence-electron chi connectivity index (χ3n) is 3.65. The Hall–Kier alpha value is -3.26. The number of pyridine rings is 1. The molecular weight excluding hydrogens is 399 g/mol. The van der Waals surface area contributed by atoms with E-state index in [1.807, 2.05) is 0 Å². The summed E-state index contributed by atoms with van der Waals surface area (Å²) >= 11 is 0. The van der Waals surface area contributed by atoms with Crippen molar-refractivity contribution in [2.45, 2.75) is 11.2 Å². The number of alkyl halides is 3. The lowest BCUT2D eigenvalue weighted by atomic mass is 10.2. The Kier molecular flexibility index (Phi) is 5.15. The molecule has 0 saturated heterocycles. The summed E-state index contributed by atoms with van der Waals surface area (Å²) in [6.45, 7) is 0.778. The van der Waals surface area contributed by atoms with Gasteiger partial charge in [0.2, 0.25) is 9.84 Å². The summed E-state index contributed by atoms with van der Waals surface area (Å²) in [4.78, 5) is 2.62.